The van der Waals surface area contributed by atoms with E-state index in [1.165, 1.54) is 0 Å². The third-order valence-electron chi connectivity index (χ3n) is 6.11. The zero-order valence-electron chi connectivity index (χ0n) is 22.1. The number of halogens is 3. The van der Waals surface area contributed by atoms with Crippen molar-refractivity contribution in [2.45, 2.75) is 39.0 Å². The van der Waals surface area contributed by atoms with Gasteiger partial charge >= 0.3 is 18.1 Å². The summed E-state index contributed by atoms with van der Waals surface area (Å²) in [6.07, 6.45) is -2.09. The van der Waals surface area contributed by atoms with Crippen molar-refractivity contribution < 1.29 is 37.3 Å². The van der Waals surface area contributed by atoms with E-state index in [2.05, 4.69) is 30.4 Å². The zero-order valence-corrected chi connectivity index (χ0v) is 22.1. The van der Waals surface area contributed by atoms with Gasteiger partial charge in [-0.05, 0) is 52.4 Å². The summed E-state index contributed by atoms with van der Waals surface area (Å²) in [5.74, 6) is -4.86. The van der Waals surface area contributed by atoms with Crippen LogP contribution in [0.3, 0.4) is 0 Å². The van der Waals surface area contributed by atoms with Crippen LogP contribution < -0.4 is 10.6 Å². The third-order valence-corrected chi connectivity index (χ3v) is 6.11. The number of carbonyl (C=O) groups excluding carboxylic acids is 3. The number of carbonyl (C=O) groups is 3. The highest BCUT2D eigenvalue weighted by molar-refractivity contribution is 6.07. The molecule has 1 aromatic heterocycles. The summed E-state index contributed by atoms with van der Waals surface area (Å²) in [6.45, 7) is 3.94. The van der Waals surface area contributed by atoms with Crippen LogP contribution in [0.25, 0.3) is 21.9 Å². The third kappa shape index (κ3) is 7.41. The van der Waals surface area contributed by atoms with Crippen LogP contribution >= 0.6 is 0 Å². The number of anilines is 1. The second-order valence-electron chi connectivity index (χ2n) is 9.64. The van der Waals surface area contributed by atoms with Crippen LogP contribution in [0.5, 0.6) is 0 Å². The van der Waals surface area contributed by atoms with Crippen LogP contribution in [-0.2, 0) is 25.9 Å². The summed E-state index contributed by atoms with van der Waals surface area (Å²) in [7, 11) is 0. The number of hydrogen-bond acceptors (Lipinski definition) is 7. The summed E-state index contributed by atoms with van der Waals surface area (Å²) in [6, 6.07) is 17.0. The number of imidazole rings is 1. The summed E-state index contributed by atoms with van der Waals surface area (Å²) < 4.78 is 37.4. The molecule has 4 rings (SSSR count). The molecule has 0 saturated heterocycles. The van der Waals surface area contributed by atoms with Gasteiger partial charge in [-0.2, -0.15) is 13.2 Å². The Balaban J connectivity index is 1.66. The predicted molar refractivity (Wildman–Crippen MR) is 144 cm³/mol. The number of aromatic amines is 1. The van der Waals surface area contributed by atoms with E-state index in [-0.39, 0.29) is 17.9 Å². The SMILES string of the molecule is CC(C)CC(NC(=O)c1ccc(NCc2cnc[nH]2)cc1-c1cccc2ccccc12)C(=O)OOC(=O)C(F)(F)F. The largest absolute Gasteiger partial charge is 0.495 e. The molecule has 0 spiro atoms. The van der Waals surface area contributed by atoms with Crippen LogP contribution in [0.1, 0.15) is 36.3 Å². The molecule has 0 saturated carbocycles. The first-order valence-electron chi connectivity index (χ1n) is 12.7. The van der Waals surface area contributed by atoms with Crippen molar-refractivity contribution in [2.24, 2.45) is 5.92 Å². The first-order valence-corrected chi connectivity index (χ1v) is 12.7. The Bertz CT molecular complexity index is 1530. The van der Waals surface area contributed by atoms with Gasteiger partial charge < -0.3 is 15.6 Å². The zero-order chi connectivity index (χ0) is 29.6. The number of hydrogen-bond donors (Lipinski definition) is 3. The number of nitrogens with zero attached hydrogens (tertiary/aromatic N) is 1. The summed E-state index contributed by atoms with van der Waals surface area (Å²) in [5, 5.41) is 7.64. The molecule has 0 bridgehead atoms. The molecular formula is C29H27F3N4O5. The fourth-order valence-electron chi connectivity index (χ4n) is 4.22. The standard InChI is InChI=1S/C29H27F3N4O5/c1-17(2)12-25(27(38)40-41-28(39)29(30,31)32)36-26(37)23-11-10-19(34-15-20-14-33-16-35-20)13-24(23)22-9-5-7-18-6-3-4-8-21(18)22/h3-11,13-14,16-17,25,34H,12,15H2,1-2H3,(H,33,35)(H,36,37). The van der Waals surface area contributed by atoms with Crippen molar-refractivity contribution in [1.29, 1.82) is 0 Å². The maximum absolute atomic E-state index is 13.6. The summed E-state index contributed by atoms with van der Waals surface area (Å²) >= 11 is 0. The number of benzene rings is 3. The smallest absolute Gasteiger partial charge is 0.379 e. The van der Waals surface area contributed by atoms with Crippen LogP contribution in [0.15, 0.2) is 73.2 Å². The molecule has 214 valence electrons. The Kier molecular flexibility index (Phi) is 8.91. The minimum Gasteiger partial charge on any atom is -0.379 e. The monoisotopic (exact) mass is 568 g/mol. The predicted octanol–water partition coefficient (Wildman–Crippen LogP) is 5.55. The van der Waals surface area contributed by atoms with Crippen molar-refractivity contribution in [3.05, 3.63) is 84.4 Å². The molecule has 3 aromatic carbocycles. The van der Waals surface area contributed by atoms with Crippen molar-refractivity contribution in [2.75, 3.05) is 5.32 Å². The number of aromatic nitrogens is 2. The quantitative estimate of drug-likeness (QED) is 0.179. The fraction of sp³-hybridized carbons (Fsp3) is 0.241. The van der Waals surface area contributed by atoms with Gasteiger partial charge in [0.15, 0.2) is 0 Å². The van der Waals surface area contributed by atoms with Crippen molar-refractivity contribution in [1.82, 2.24) is 15.3 Å². The molecule has 0 aliphatic carbocycles. The van der Waals surface area contributed by atoms with Crippen molar-refractivity contribution in [3.8, 4) is 11.1 Å². The van der Waals surface area contributed by atoms with E-state index in [1.807, 2.05) is 42.5 Å². The van der Waals surface area contributed by atoms with E-state index in [4.69, 9.17) is 0 Å². The maximum Gasteiger partial charge on any atom is 0.495 e. The highest BCUT2D eigenvalue weighted by Crippen LogP contribution is 2.33. The van der Waals surface area contributed by atoms with Gasteiger partial charge in [0.25, 0.3) is 5.91 Å². The Morgan fingerprint density at radius 2 is 1.73 bits per heavy atom. The first kappa shape index (κ1) is 29.1. The topological polar surface area (TPSA) is 122 Å². The van der Waals surface area contributed by atoms with E-state index < -0.39 is 30.1 Å². The molecule has 0 fully saturated rings. The maximum atomic E-state index is 13.6. The molecule has 0 aliphatic heterocycles. The second kappa shape index (κ2) is 12.5. The molecule has 9 nitrogen and oxygen atoms in total. The van der Waals surface area contributed by atoms with E-state index in [1.54, 1.807) is 44.6 Å². The van der Waals surface area contributed by atoms with Crippen LogP contribution in [0.4, 0.5) is 18.9 Å². The van der Waals surface area contributed by atoms with E-state index in [9.17, 15) is 27.6 Å². The average Bonchev–Trinajstić information content (AvgIpc) is 3.47. The Hall–Kier alpha value is -4.87. The second-order valence-corrected chi connectivity index (χ2v) is 9.64. The van der Waals surface area contributed by atoms with Crippen molar-refractivity contribution >= 4 is 34.3 Å². The lowest BCUT2D eigenvalue weighted by molar-refractivity contribution is -0.286. The number of H-pyrrole nitrogens is 1. The Morgan fingerprint density at radius 3 is 2.44 bits per heavy atom. The van der Waals surface area contributed by atoms with Gasteiger partial charge in [0.2, 0.25) is 0 Å². The highest BCUT2D eigenvalue weighted by atomic mass is 19.4. The van der Waals surface area contributed by atoms with E-state index in [0.717, 1.165) is 22.0 Å². The summed E-state index contributed by atoms with van der Waals surface area (Å²) in [5.41, 5.74) is 3.06. The highest BCUT2D eigenvalue weighted by Gasteiger charge is 2.43. The van der Waals surface area contributed by atoms with Gasteiger partial charge in [-0.3, -0.25) is 4.79 Å². The molecule has 1 amide bonds. The van der Waals surface area contributed by atoms with Gasteiger partial charge in [-0.25, -0.2) is 24.3 Å². The van der Waals surface area contributed by atoms with Crippen molar-refractivity contribution in [3.63, 3.8) is 0 Å². The van der Waals surface area contributed by atoms with Gasteiger partial charge in [-0.15, -0.1) is 0 Å². The van der Waals surface area contributed by atoms with E-state index >= 15 is 0 Å². The normalized spacial score (nSPS) is 12.1. The van der Waals surface area contributed by atoms with Gasteiger partial charge in [-0.1, -0.05) is 56.3 Å². The van der Waals surface area contributed by atoms with Gasteiger partial charge in [0.05, 0.1) is 18.6 Å². The minimum absolute atomic E-state index is 0.0154. The fourth-order valence-corrected chi connectivity index (χ4v) is 4.22. The lowest BCUT2D eigenvalue weighted by Crippen LogP contribution is -2.43. The number of fused-ring (bicyclic) bond motifs is 1. The lowest BCUT2D eigenvalue weighted by atomic mass is 9.93. The number of amides is 1. The average molecular weight is 569 g/mol. The molecular weight excluding hydrogens is 541 g/mol. The number of nitrogens with one attached hydrogen (secondary N) is 3. The number of alkyl halides is 3. The number of rotatable bonds is 9. The van der Waals surface area contributed by atoms with Crippen LogP contribution in [-0.4, -0.2) is 40.0 Å². The Labute approximate surface area is 233 Å². The van der Waals surface area contributed by atoms with Gasteiger partial charge in [0, 0.05) is 17.4 Å². The molecule has 3 N–H and O–H groups in total. The first-order chi connectivity index (χ1) is 19.5. The van der Waals surface area contributed by atoms with Crippen LogP contribution in [0, 0.1) is 5.92 Å². The molecule has 0 aliphatic rings. The molecule has 1 heterocycles. The Morgan fingerprint density at radius 1 is 0.976 bits per heavy atom. The molecule has 0 radical (unpaired) electrons. The molecule has 4 aromatic rings. The lowest BCUT2D eigenvalue weighted by Gasteiger charge is -2.20. The molecule has 12 heteroatoms. The van der Waals surface area contributed by atoms with Crippen LogP contribution in [0.2, 0.25) is 0 Å². The molecule has 41 heavy (non-hydrogen) atoms. The van der Waals surface area contributed by atoms with Gasteiger partial charge in [0.1, 0.15) is 6.04 Å². The van der Waals surface area contributed by atoms with E-state index in [0.29, 0.717) is 17.8 Å². The molecule has 1 unspecified atom stereocenters. The summed E-state index contributed by atoms with van der Waals surface area (Å²) in [4.78, 5) is 52.0. The minimum atomic E-state index is -5.35. The molecule has 1 atom stereocenters.